The second-order valence-electron chi connectivity index (χ2n) is 10.4. The topological polar surface area (TPSA) is 44.4 Å². The Morgan fingerprint density at radius 1 is 0.941 bits per heavy atom. The van der Waals surface area contributed by atoms with Crippen LogP contribution in [0.15, 0.2) is 54.7 Å². The number of aromatic amines is 1. The number of ether oxygens (including phenoxy) is 1. The van der Waals surface area contributed by atoms with Crippen LogP contribution < -0.4 is 4.74 Å². The fourth-order valence-corrected chi connectivity index (χ4v) is 6.07. The SMILES string of the molecule is c1ccc(CC2CCN(C3CCN(Cc4cnc(-c5ccc6c(c5)CCO6)[nH]4)CC3)CC2)cc1. The van der Waals surface area contributed by atoms with Gasteiger partial charge in [-0.05, 0) is 80.4 Å². The predicted octanol–water partition coefficient (Wildman–Crippen LogP) is 4.93. The summed E-state index contributed by atoms with van der Waals surface area (Å²) in [5.41, 5.74) is 5.17. The van der Waals surface area contributed by atoms with Crippen molar-refractivity contribution in [3.05, 3.63) is 71.5 Å². The first-order valence-corrected chi connectivity index (χ1v) is 13.1. The molecule has 1 N–H and O–H groups in total. The quantitative estimate of drug-likeness (QED) is 0.571. The summed E-state index contributed by atoms with van der Waals surface area (Å²) in [5.74, 6) is 2.85. The fraction of sp³-hybridized carbons (Fsp3) is 0.483. The highest BCUT2D eigenvalue weighted by Gasteiger charge is 2.28. The van der Waals surface area contributed by atoms with Crippen molar-refractivity contribution in [2.45, 2.75) is 51.1 Å². The van der Waals surface area contributed by atoms with E-state index >= 15 is 0 Å². The third-order valence-corrected chi connectivity index (χ3v) is 8.08. The van der Waals surface area contributed by atoms with Gasteiger partial charge in [0, 0.05) is 49.6 Å². The molecule has 6 rings (SSSR count). The highest BCUT2D eigenvalue weighted by molar-refractivity contribution is 5.59. The third-order valence-electron chi connectivity index (χ3n) is 8.08. The maximum Gasteiger partial charge on any atom is 0.137 e. The molecule has 0 aliphatic carbocycles. The maximum absolute atomic E-state index is 5.64. The Morgan fingerprint density at radius 3 is 2.59 bits per heavy atom. The number of nitrogens with zero attached hydrogens (tertiary/aromatic N) is 3. The fourth-order valence-electron chi connectivity index (χ4n) is 6.07. The molecule has 5 nitrogen and oxygen atoms in total. The molecule has 2 saturated heterocycles. The van der Waals surface area contributed by atoms with E-state index in [9.17, 15) is 0 Å². The lowest BCUT2D eigenvalue weighted by Gasteiger charge is -2.41. The van der Waals surface area contributed by atoms with Crippen LogP contribution >= 0.6 is 0 Å². The van der Waals surface area contributed by atoms with E-state index < -0.39 is 0 Å². The molecule has 34 heavy (non-hydrogen) atoms. The number of rotatable bonds is 6. The van der Waals surface area contributed by atoms with E-state index in [0.29, 0.717) is 0 Å². The van der Waals surface area contributed by atoms with Gasteiger partial charge < -0.3 is 14.6 Å². The first-order chi connectivity index (χ1) is 16.8. The summed E-state index contributed by atoms with van der Waals surface area (Å²) in [6.07, 6.45) is 9.53. The van der Waals surface area contributed by atoms with Gasteiger partial charge in [-0.15, -0.1) is 0 Å². The lowest BCUT2D eigenvalue weighted by molar-refractivity contribution is 0.0749. The summed E-state index contributed by atoms with van der Waals surface area (Å²) in [4.78, 5) is 13.6. The highest BCUT2D eigenvalue weighted by atomic mass is 16.5. The van der Waals surface area contributed by atoms with E-state index in [4.69, 9.17) is 4.74 Å². The number of fused-ring (bicyclic) bond motifs is 1. The molecule has 178 valence electrons. The predicted molar refractivity (Wildman–Crippen MR) is 136 cm³/mol. The van der Waals surface area contributed by atoms with Crippen LogP contribution in [0.5, 0.6) is 5.75 Å². The van der Waals surface area contributed by atoms with Crippen LogP contribution in [0.3, 0.4) is 0 Å². The van der Waals surface area contributed by atoms with Crippen molar-refractivity contribution in [3.63, 3.8) is 0 Å². The Bertz CT molecular complexity index is 1080. The third kappa shape index (κ3) is 4.91. The molecular weight excluding hydrogens is 420 g/mol. The maximum atomic E-state index is 5.64. The number of piperidine rings is 2. The average Bonchev–Trinajstić information content (AvgIpc) is 3.55. The van der Waals surface area contributed by atoms with E-state index in [2.05, 4.69) is 68.3 Å². The lowest BCUT2D eigenvalue weighted by atomic mass is 9.88. The Balaban J connectivity index is 0.968. The zero-order chi connectivity index (χ0) is 22.7. The normalized spacial score (nSPS) is 20.4. The minimum Gasteiger partial charge on any atom is -0.493 e. The van der Waals surface area contributed by atoms with Gasteiger partial charge in [0.2, 0.25) is 0 Å². The molecule has 3 aliphatic heterocycles. The van der Waals surface area contributed by atoms with Gasteiger partial charge in [0.25, 0.3) is 0 Å². The summed E-state index contributed by atoms with van der Waals surface area (Å²) >= 11 is 0. The Hall–Kier alpha value is -2.63. The zero-order valence-electron chi connectivity index (χ0n) is 20.1. The van der Waals surface area contributed by atoms with E-state index in [1.165, 1.54) is 75.1 Å². The van der Waals surface area contributed by atoms with Crippen molar-refractivity contribution in [1.82, 2.24) is 19.8 Å². The van der Waals surface area contributed by atoms with Crippen molar-refractivity contribution >= 4 is 0 Å². The molecule has 0 spiro atoms. The van der Waals surface area contributed by atoms with Gasteiger partial charge in [0.05, 0.1) is 6.61 Å². The van der Waals surface area contributed by atoms with Gasteiger partial charge >= 0.3 is 0 Å². The number of likely N-dealkylation sites (tertiary alicyclic amines) is 2. The van der Waals surface area contributed by atoms with Crippen LogP contribution in [0.1, 0.15) is 42.5 Å². The monoisotopic (exact) mass is 456 g/mol. The van der Waals surface area contributed by atoms with Crippen LogP contribution in [-0.4, -0.2) is 58.6 Å². The number of hydrogen-bond donors (Lipinski definition) is 1. The molecule has 5 heteroatoms. The summed E-state index contributed by atoms with van der Waals surface area (Å²) in [5, 5.41) is 0. The number of aromatic nitrogens is 2. The summed E-state index contributed by atoms with van der Waals surface area (Å²) in [6.45, 7) is 6.67. The van der Waals surface area contributed by atoms with E-state index in [-0.39, 0.29) is 0 Å². The molecule has 3 aromatic rings. The van der Waals surface area contributed by atoms with Crippen LogP contribution in [0.4, 0.5) is 0 Å². The van der Waals surface area contributed by atoms with Gasteiger partial charge in [0.15, 0.2) is 0 Å². The van der Waals surface area contributed by atoms with Gasteiger partial charge in [-0.1, -0.05) is 30.3 Å². The Kier molecular flexibility index (Phi) is 6.39. The molecule has 2 aromatic carbocycles. The molecule has 0 amide bonds. The van der Waals surface area contributed by atoms with Crippen LogP contribution in [0.2, 0.25) is 0 Å². The molecule has 0 saturated carbocycles. The van der Waals surface area contributed by atoms with Crippen LogP contribution in [0.25, 0.3) is 11.4 Å². The molecule has 3 aliphatic rings. The minimum atomic E-state index is 0.764. The molecule has 0 atom stereocenters. The zero-order valence-corrected chi connectivity index (χ0v) is 20.1. The van der Waals surface area contributed by atoms with Crippen molar-refractivity contribution in [2.75, 3.05) is 32.8 Å². The summed E-state index contributed by atoms with van der Waals surface area (Å²) in [7, 11) is 0. The molecule has 1 aromatic heterocycles. The van der Waals surface area contributed by atoms with Crippen molar-refractivity contribution in [2.24, 2.45) is 5.92 Å². The number of H-pyrrole nitrogens is 1. The standard InChI is InChI=1S/C29H36N4O/c1-2-4-22(5-3-1)18-23-8-15-33(16-9-23)27-10-13-32(14-11-27)21-26-20-30-29(31-26)25-6-7-28-24(19-25)12-17-34-28/h1-7,19-20,23,27H,8-18,21H2,(H,30,31). The van der Waals surface area contributed by atoms with Crippen LogP contribution in [0, 0.1) is 5.92 Å². The smallest absolute Gasteiger partial charge is 0.137 e. The number of benzene rings is 2. The molecule has 0 unspecified atom stereocenters. The second kappa shape index (κ2) is 9.93. The van der Waals surface area contributed by atoms with Crippen molar-refractivity contribution in [1.29, 1.82) is 0 Å². The van der Waals surface area contributed by atoms with Gasteiger partial charge in [-0.25, -0.2) is 4.98 Å². The lowest BCUT2D eigenvalue weighted by Crippen LogP contribution is -2.47. The summed E-state index contributed by atoms with van der Waals surface area (Å²) < 4.78 is 5.64. The van der Waals surface area contributed by atoms with Crippen LogP contribution in [-0.2, 0) is 19.4 Å². The Labute approximate surface area is 203 Å². The van der Waals surface area contributed by atoms with Crippen molar-refractivity contribution in [3.8, 4) is 17.1 Å². The highest BCUT2D eigenvalue weighted by Crippen LogP contribution is 2.30. The summed E-state index contributed by atoms with van der Waals surface area (Å²) in [6, 6.07) is 18.2. The molecular formula is C29H36N4O. The molecule has 0 bridgehead atoms. The second-order valence-corrected chi connectivity index (χ2v) is 10.4. The first-order valence-electron chi connectivity index (χ1n) is 13.1. The molecule has 4 heterocycles. The molecule has 2 fully saturated rings. The van der Waals surface area contributed by atoms with Gasteiger partial charge in [-0.2, -0.15) is 0 Å². The Morgan fingerprint density at radius 2 is 1.76 bits per heavy atom. The van der Waals surface area contributed by atoms with Gasteiger partial charge in [-0.3, -0.25) is 4.90 Å². The van der Waals surface area contributed by atoms with E-state index in [1.54, 1.807) is 0 Å². The number of nitrogens with one attached hydrogen (secondary N) is 1. The largest absolute Gasteiger partial charge is 0.493 e. The van der Waals surface area contributed by atoms with Crippen molar-refractivity contribution < 1.29 is 4.74 Å². The van der Waals surface area contributed by atoms with Gasteiger partial charge in [0.1, 0.15) is 11.6 Å². The first kappa shape index (κ1) is 21.9. The minimum absolute atomic E-state index is 0.764. The molecule has 0 radical (unpaired) electrons. The average molecular weight is 457 g/mol. The number of imidazole rings is 1. The van der Waals surface area contributed by atoms with E-state index in [1.807, 2.05) is 6.20 Å². The number of hydrogen-bond acceptors (Lipinski definition) is 4. The van der Waals surface area contributed by atoms with E-state index in [0.717, 1.165) is 48.7 Å².